The van der Waals surface area contributed by atoms with E-state index in [1.165, 1.54) is 17.8 Å². The van der Waals surface area contributed by atoms with E-state index in [-0.39, 0.29) is 16.7 Å². The molecule has 2 N–H and O–H groups in total. The molecule has 8 heteroatoms. The molecule has 2 heterocycles. The van der Waals surface area contributed by atoms with Crippen LogP contribution >= 0.6 is 23.1 Å². The van der Waals surface area contributed by atoms with Gasteiger partial charge < -0.3 is 10.3 Å². The van der Waals surface area contributed by atoms with E-state index < -0.39 is 0 Å². The summed E-state index contributed by atoms with van der Waals surface area (Å²) in [4.78, 5) is 34.7. The highest BCUT2D eigenvalue weighted by molar-refractivity contribution is 8.00. The third kappa shape index (κ3) is 4.67. The van der Waals surface area contributed by atoms with E-state index in [4.69, 9.17) is 0 Å². The van der Waals surface area contributed by atoms with Crippen molar-refractivity contribution in [1.82, 2.24) is 20.3 Å². The molecule has 0 radical (unpaired) electrons. The molecule has 0 aliphatic heterocycles. The number of rotatable bonds is 6. The largest absolute Gasteiger partial charge is 0.349 e. The van der Waals surface area contributed by atoms with Crippen LogP contribution in [0, 0.1) is 6.92 Å². The number of carbonyl (C=O) groups is 1. The molecule has 0 bridgehead atoms. The Morgan fingerprint density at radius 2 is 2.27 bits per heavy atom. The number of hydrogen-bond acceptors (Lipinski definition) is 6. The van der Waals surface area contributed by atoms with E-state index in [0.717, 1.165) is 17.1 Å². The van der Waals surface area contributed by atoms with Gasteiger partial charge in [0.2, 0.25) is 5.91 Å². The van der Waals surface area contributed by atoms with Gasteiger partial charge in [-0.05, 0) is 20.3 Å². The van der Waals surface area contributed by atoms with E-state index in [9.17, 15) is 9.59 Å². The molecule has 22 heavy (non-hydrogen) atoms. The zero-order chi connectivity index (χ0) is 16.1. The first kappa shape index (κ1) is 16.7. The van der Waals surface area contributed by atoms with Crippen LogP contribution in [-0.4, -0.2) is 26.1 Å². The Kier molecular flexibility index (Phi) is 5.73. The van der Waals surface area contributed by atoms with E-state index in [0.29, 0.717) is 17.4 Å². The lowest BCUT2D eigenvalue weighted by molar-refractivity contribution is -0.120. The molecule has 118 valence electrons. The van der Waals surface area contributed by atoms with Gasteiger partial charge in [-0.3, -0.25) is 9.59 Å². The molecule has 0 fully saturated rings. The maximum Gasteiger partial charge on any atom is 0.251 e. The number of nitrogens with zero attached hydrogens (tertiary/aromatic N) is 2. The van der Waals surface area contributed by atoms with Crippen molar-refractivity contribution in [3.8, 4) is 0 Å². The molecular formula is C14H18N4O2S2. The smallest absolute Gasteiger partial charge is 0.251 e. The highest BCUT2D eigenvalue weighted by Crippen LogP contribution is 2.18. The van der Waals surface area contributed by atoms with Gasteiger partial charge in [-0.2, -0.15) is 0 Å². The van der Waals surface area contributed by atoms with Gasteiger partial charge in [-0.1, -0.05) is 18.7 Å². The molecule has 1 unspecified atom stereocenters. The highest BCUT2D eigenvalue weighted by Gasteiger charge is 2.16. The second-order valence-corrected chi connectivity index (χ2v) is 7.03. The van der Waals surface area contributed by atoms with Gasteiger partial charge in [0.25, 0.3) is 5.56 Å². The van der Waals surface area contributed by atoms with Crippen LogP contribution in [0.1, 0.15) is 30.2 Å². The molecule has 0 aromatic carbocycles. The zero-order valence-corrected chi connectivity index (χ0v) is 14.3. The lowest BCUT2D eigenvalue weighted by Gasteiger charge is -2.10. The molecule has 0 saturated carbocycles. The SMILES string of the molecule is CCc1csc(CNC(=O)C(C)Sc2nc(C)cc(=O)[nH]2)n1. The minimum Gasteiger partial charge on any atom is -0.349 e. The Morgan fingerprint density at radius 1 is 1.50 bits per heavy atom. The molecule has 1 amide bonds. The van der Waals surface area contributed by atoms with Crippen molar-refractivity contribution in [3.63, 3.8) is 0 Å². The Balaban J connectivity index is 1.90. The third-order valence-corrected chi connectivity index (χ3v) is 4.76. The van der Waals surface area contributed by atoms with Crippen molar-refractivity contribution in [1.29, 1.82) is 0 Å². The van der Waals surface area contributed by atoms with Crippen LogP contribution in [0.5, 0.6) is 0 Å². The zero-order valence-electron chi connectivity index (χ0n) is 12.7. The molecular weight excluding hydrogens is 320 g/mol. The number of aryl methyl sites for hydroxylation is 2. The van der Waals surface area contributed by atoms with E-state index >= 15 is 0 Å². The van der Waals surface area contributed by atoms with Gasteiger partial charge in [0, 0.05) is 17.1 Å². The Labute approximate surface area is 136 Å². The first-order chi connectivity index (χ1) is 10.5. The minimum absolute atomic E-state index is 0.109. The van der Waals surface area contributed by atoms with Crippen molar-refractivity contribution in [3.05, 3.63) is 38.2 Å². The average Bonchev–Trinajstić information content (AvgIpc) is 2.91. The number of thioether (sulfide) groups is 1. The summed E-state index contributed by atoms with van der Waals surface area (Å²) in [5.74, 6) is -0.109. The molecule has 2 rings (SSSR count). The quantitative estimate of drug-likeness (QED) is 0.620. The van der Waals surface area contributed by atoms with E-state index in [1.54, 1.807) is 25.2 Å². The third-order valence-electron chi connectivity index (χ3n) is 2.88. The summed E-state index contributed by atoms with van der Waals surface area (Å²) in [6.07, 6.45) is 0.892. The molecule has 0 aliphatic carbocycles. The van der Waals surface area contributed by atoms with Crippen molar-refractivity contribution < 1.29 is 4.79 Å². The van der Waals surface area contributed by atoms with Gasteiger partial charge in [0.15, 0.2) is 5.16 Å². The van der Waals surface area contributed by atoms with Gasteiger partial charge >= 0.3 is 0 Å². The van der Waals surface area contributed by atoms with Crippen LogP contribution in [0.2, 0.25) is 0 Å². The topological polar surface area (TPSA) is 87.7 Å². The highest BCUT2D eigenvalue weighted by atomic mass is 32.2. The number of aromatic amines is 1. The Bertz CT molecular complexity index is 711. The summed E-state index contributed by atoms with van der Waals surface area (Å²) in [5.41, 5.74) is 1.46. The summed E-state index contributed by atoms with van der Waals surface area (Å²) in [5, 5.41) is 5.85. The van der Waals surface area contributed by atoms with Gasteiger partial charge in [-0.15, -0.1) is 11.3 Å². The lowest BCUT2D eigenvalue weighted by atomic mass is 10.4. The fourth-order valence-corrected chi connectivity index (χ4v) is 3.43. The number of aromatic nitrogens is 3. The van der Waals surface area contributed by atoms with Crippen molar-refractivity contribution in [2.45, 2.75) is 44.1 Å². The number of thiazole rings is 1. The number of carbonyl (C=O) groups excluding carboxylic acids is 1. The van der Waals surface area contributed by atoms with Crippen molar-refractivity contribution in [2.24, 2.45) is 0 Å². The molecule has 0 aliphatic rings. The first-order valence-corrected chi connectivity index (χ1v) is 8.69. The fraction of sp³-hybridized carbons (Fsp3) is 0.429. The summed E-state index contributed by atoms with van der Waals surface area (Å²) >= 11 is 2.77. The molecule has 1 atom stereocenters. The first-order valence-electron chi connectivity index (χ1n) is 6.93. The fourth-order valence-electron chi connectivity index (χ4n) is 1.73. The van der Waals surface area contributed by atoms with Crippen LogP contribution in [-0.2, 0) is 17.8 Å². The van der Waals surface area contributed by atoms with Crippen molar-refractivity contribution >= 4 is 29.0 Å². The average molecular weight is 338 g/mol. The van der Waals surface area contributed by atoms with E-state index in [1.807, 2.05) is 12.3 Å². The minimum atomic E-state index is -0.351. The van der Waals surface area contributed by atoms with Gasteiger partial charge in [0.05, 0.1) is 17.5 Å². The molecule has 0 spiro atoms. The molecule has 2 aromatic heterocycles. The Hall–Kier alpha value is -1.67. The predicted octanol–water partition coefficient (Wildman–Crippen LogP) is 1.89. The number of H-pyrrole nitrogens is 1. The maximum atomic E-state index is 12.1. The number of amides is 1. The summed E-state index contributed by atoms with van der Waals surface area (Å²) in [7, 11) is 0. The van der Waals surface area contributed by atoms with Crippen LogP contribution in [0.25, 0.3) is 0 Å². The maximum absolute atomic E-state index is 12.1. The number of nitrogens with one attached hydrogen (secondary N) is 2. The Morgan fingerprint density at radius 3 is 2.91 bits per heavy atom. The summed E-state index contributed by atoms with van der Waals surface area (Å²) in [6.45, 7) is 6.00. The van der Waals surface area contributed by atoms with E-state index in [2.05, 4.69) is 20.3 Å². The summed E-state index contributed by atoms with van der Waals surface area (Å²) < 4.78 is 0. The standard InChI is InChI=1S/C14H18N4O2S2/c1-4-10-7-21-12(17-10)6-15-13(20)9(3)22-14-16-8(2)5-11(19)18-14/h5,7,9H,4,6H2,1-3H3,(H,15,20)(H,16,18,19). The monoisotopic (exact) mass is 338 g/mol. The molecule has 0 saturated heterocycles. The van der Waals surface area contributed by atoms with Gasteiger partial charge in [0.1, 0.15) is 5.01 Å². The molecule has 6 nitrogen and oxygen atoms in total. The van der Waals surface area contributed by atoms with Crippen LogP contribution in [0.15, 0.2) is 21.4 Å². The predicted molar refractivity (Wildman–Crippen MR) is 88.3 cm³/mol. The van der Waals surface area contributed by atoms with Crippen molar-refractivity contribution in [2.75, 3.05) is 0 Å². The van der Waals surface area contributed by atoms with Crippen LogP contribution in [0.4, 0.5) is 0 Å². The lowest BCUT2D eigenvalue weighted by Crippen LogP contribution is -2.30. The summed E-state index contributed by atoms with van der Waals surface area (Å²) in [6, 6.07) is 1.42. The second kappa shape index (κ2) is 7.55. The van der Waals surface area contributed by atoms with Crippen LogP contribution < -0.4 is 10.9 Å². The van der Waals surface area contributed by atoms with Crippen LogP contribution in [0.3, 0.4) is 0 Å². The number of hydrogen-bond donors (Lipinski definition) is 2. The van der Waals surface area contributed by atoms with Gasteiger partial charge in [-0.25, -0.2) is 9.97 Å². The normalized spacial score (nSPS) is 12.1. The second-order valence-electron chi connectivity index (χ2n) is 4.76. The molecule has 2 aromatic rings.